The molecule has 39 heavy (non-hydrogen) atoms. The second-order valence-electron chi connectivity index (χ2n) is 9.60. The Hall–Kier alpha value is -4.54. The summed E-state index contributed by atoms with van der Waals surface area (Å²) < 4.78 is 11.9. The van der Waals surface area contributed by atoms with E-state index < -0.39 is 0 Å². The number of rotatable bonds is 14. The minimum atomic E-state index is 0.669. The van der Waals surface area contributed by atoms with Crippen molar-refractivity contribution >= 4 is 0 Å². The van der Waals surface area contributed by atoms with Gasteiger partial charge in [-0.25, -0.2) is 0 Å². The van der Waals surface area contributed by atoms with E-state index in [0.717, 1.165) is 59.8 Å². The first-order chi connectivity index (χ1) is 19.2. The lowest BCUT2D eigenvalue weighted by Gasteiger charge is -2.09. The number of hydrogen-bond acceptors (Lipinski definition) is 4. The summed E-state index contributed by atoms with van der Waals surface area (Å²) in [5.74, 6) is 1.79. The number of hydrogen-bond donors (Lipinski definition) is 0. The molecule has 0 fully saturated rings. The highest BCUT2D eigenvalue weighted by atomic mass is 16.5. The molecule has 4 heteroatoms. The first-order valence-electron chi connectivity index (χ1n) is 13.7. The molecule has 0 unspecified atom stereocenters. The summed E-state index contributed by atoms with van der Waals surface area (Å²) in [6.45, 7) is 1.47. The monoisotopic (exact) mass is 514 g/mol. The Morgan fingerprint density at radius 2 is 0.872 bits per heavy atom. The summed E-state index contributed by atoms with van der Waals surface area (Å²) in [6.07, 6.45) is 8.19. The average Bonchev–Trinajstić information content (AvgIpc) is 3.00. The van der Waals surface area contributed by atoms with Crippen molar-refractivity contribution in [2.75, 3.05) is 13.2 Å². The van der Waals surface area contributed by atoms with Crippen molar-refractivity contribution in [1.82, 2.24) is 0 Å². The molecule has 0 heterocycles. The van der Waals surface area contributed by atoms with E-state index in [1.165, 1.54) is 32.1 Å². The van der Waals surface area contributed by atoms with Crippen molar-refractivity contribution in [3.05, 3.63) is 108 Å². The van der Waals surface area contributed by atoms with Crippen molar-refractivity contribution in [2.45, 2.75) is 44.9 Å². The number of benzene rings is 4. The van der Waals surface area contributed by atoms with Crippen molar-refractivity contribution in [3.63, 3.8) is 0 Å². The molecule has 0 aliphatic heterocycles. The predicted octanol–water partition coefficient (Wildman–Crippen LogP) is 8.95. The summed E-state index contributed by atoms with van der Waals surface area (Å²) in [5.41, 5.74) is 5.74. The van der Waals surface area contributed by atoms with E-state index in [9.17, 15) is 0 Å². The highest BCUT2D eigenvalue weighted by Crippen LogP contribution is 2.25. The van der Waals surface area contributed by atoms with Crippen LogP contribution in [0.4, 0.5) is 0 Å². The zero-order chi connectivity index (χ0) is 27.1. The van der Waals surface area contributed by atoms with Crippen LogP contribution >= 0.6 is 0 Å². The van der Waals surface area contributed by atoms with Gasteiger partial charge in [-0.15, -0.1) is 0 Å². The summed E-state index contributed by atoms with van der Waals surface area (Å²) in [5, 5.41) is 17.9. The smallest absolute Gasteiger partial charge is 0.119 e. The fourth-order valence-corrected chi connectivity index (χ4v) is 4.45. The molecule has 0 aliphatic rings. The molecule has 4 rings (SSSR count). The Kier molecular flexibility index (Phi) is 10.6. The normalized spacial score (nSPS) is 10.4. The Bertz CT molecular complexity index is 1380. The van der Waals surface area contributed by atoms with E-state index in [4.69, 9.17) is 20.0 Å². The summed E-state index contributed by atoms with van der Waals surface area (Å²) in [7, 11) is 0. The molecule has 0 atom stereocenters. The van der Waals surface area contributed by atoms with E-state index in [0.29, 0.717) is 11.1 Å². The number of unbranched alkanes of at least 4 members (excludes halogenated alkanes) is 6. The molecule has 0 spiro atoms. The lowest BCUT2D eigenvalue weighted by atomic mass is 10.0. The van der Waals surface area contributed by atoms with Gasteiger partial charge in [-0.3, -0.25) is 0 Å². The molecule has 0 amide bonds. The Labute approximate surface area is 232 Å². The molecular formula is C35H34N2O2. The molecule has 0 N–H and O–H groups in total. The van der Waals surface area contributed by atoms with Crippen LogP contribution in [0.15, 0.2) is 97.1 Å². The summed E-state index contributed by atoms with van der Waals surface area (Å²) in [6, 6.07) is 35.9. The molecule has 4 nitrogen and oxygen atoms in total. The lowest BCUT2D eigenvalue weighted by Crippen LogP contribution is -1.98. The SMILES string of the molecule is N#Cc1ccc(-c2ccc(OCCCCCCCCCOc3cccc(-c4ccc(C#N)cc4)c3)cc2)cc1. The standard InChI is InChI=1S/C35H34N2O2/c36-26-28-11-15-30(16-12-28)31-19-21-34(22-20-31)38-23-6-4-2-1-3-5-7-24-39-35-10-8-9-33(25-35)32-17-13-29(27-37)14-18-32/h8-22,25H,1-7,23-24H2. The minimum absolute atomic E-state index is 0.669. The van der Waals surface area contributed by atoms with Crippen LogP contribution in [0.5, 0.6) is 11.5 Å². The number of ether oxygens (including phenoxy) is 2. The highest BCUT2D eigenvalue weighted by Gasteiger charge is 2.02. The van der Waals surface area contributed by atoms with Gasteiger partial charge >= 0.3 is 0 Å². The first-order valence-corrected chi connectivity index (χ1v) is 13.7. The molecule has 4 aromatic carbocycles. The molecule has 0 radical (unpaired) electrons. The van der Waals surface area contributed by atoms with Gasteiger partial charge in [-0.05, 0) is 83.6 Å². The fraction of sp³-hybridized carbons (Fsp3) is 0.257. The maximum atomic E-state index is 8.97. The molecule has 196 valence electrons. The van der Waals surface area contributed by atoms with Crippen molar-refractivity contribution in [3.8, 4) is 45.9 Å². The minimum Gasteiger partial charge on any atom is -0.494 e. The lowest BCUT2D eigenvalue weighted by molar-refractivity contribution is 0.300. The number of nitriles is 2. The van der Waals surface area contributed by atoms with Gasteiger partial charge in [0.2, 0.25) is 0 Å². The molecule has 0 saturated heterocycles. The van der Waals surface area contributed by atoms with E-state index in [1.54, 1.807) is 0 Å². The molecule has 0 aliphatic carbocycles. The highest BCUT2D eigenvalue weighted by molar-refractivity contribution is 5.66. The van der Waals surface area contributed by atoms with Gasteiger partial charge in [0.25, 0.3) is 0 Å². The Balaban J connectivity index is 1.03. The average molecular weight is 515 g/mol. The quantitative estimate of drug-likeness (QED) is 0.158. The van der Waals surface area contributed by atoms with E-state index in [-0.39, 0.29) is 0 Å². The van der Waals surface area contributed by atoms with Crippen LogP contribution in [-0.2, 0) is 0 Å². The maximum absolute atomic E-state index is 8.97. The van der Waals surface area contributed by atoms with Gasteiger partial charge < -0.3 is 9.47 Å². The summed E-state index contributed by atoms with van der Waals surface area (Å²) >= 11 is 0. The van der Waals surface area contributed by atoms with Crippen molar-refractivity contribution in [1.29, 1.82) is 10.5 Å². The van der Waals surface area contributed by atoms with Crippen molar-refractivity contribution in [2.24, 2.45) is 0 Å². The van der Waals surface area contributed by atoms with Gasteiger partial charge in [0.05, 0.1) is 36.5 Å². The zero-order valence-electron chi connectivity index (χ0n) is 22.3. The van der Waals surface area contributed by atoms with Gasteiger partial charge in [-0.1, -0.05) is 80.6 Å². The van der Waals surface area contributed by atoms with Gasteiger partial charge in [0, 0.05) is 0 Å². The largest absolute Gasteiger partial charge is 0.494 e. The second-order valence-corrected chi connectivity index (χ2v) is 9.60. The molecule has 0 bridgehead atoms. The van der Waals surface area contributed by atoms with Gasteiger partial charge in [-0.2, -0.15) is 10.5 Å². The van der Waals surface area contributed by atoms with Crippen LogP contribution in [0, 0.1) is 22.7 Å². The molecule has 4 aromatic rings. The zero-order valence-corrected chi connectivity index (χ0v) is 22.3. The van der Waals surface area contributed by atoms with E-state index in [2.05, 4.69) is 36.4 Å². The van der Waals surface area contributed by atoms with Crippen LogP contribution in [0.2, 0.25) is 0 Å². The second kappa shape index (κ2) is 15.0. The summed E-state index contributed by atoms with van der Waals surface area (Å²) in [4.78, 5) is 0. The molecule has 0 saturated carbocycles. The molecular weight excluding hydrogens is 480 g/mol. The van der Waals surface area contributed by atoms with E-state index in [1.807, 2.05) is 72.8 Å². The fourth-order valence-electron chi connectivity index (χ4n) is 4.45. The van der Waals surface area contributed by atoms with Crippen LogP contribution in [-0.4, -0.2) is 13.2 Å². The Morgan fingerprint density at radius 3 is 1.38 bits per heavy atom. The van der Waals surface area contributed by atoms with Crippen LogP contribution in [0.25, 0.3) is 22.3 Å². The van der Waals surface area contributed by atoms with Crippen LogP contribution in [0.1, 0.15) is 56.1 Å². The third kappa shape index (κ3) is 8.77. The predicted molar refractivity (Wildman–Crippen MR) is 156 cm³/mol. The first kappa shape index (κ1) is 27.5. The number of nitrogens with zero attached hydrogens (tertiary/aromatic N) is 2. The molecule has 0 aromatic heterocycles. The van der Waals surface area contributed by atoms with Gasteiger partial charge in [0.1, 0.15) is 11.5 Å². The topological polar surface area (TPSA) is 66.0 Å². The third-order valence-electron chi connectivity index (χ3n) is 6.71. The van der Waals surface area contributed by atoms with E-state index >= 15 is 0 Å². The van der Waals surface area contributed by atoms with Crippen LogP contribution < -0.4 is 9.47 Å². The third-order valence-corrected chi connectivity index (χ3v) is 6.71. The Morgan fingerprint density at radius 1 is 0.436 bits per heavy atom. The van der Waals surface area contributed by atoms with Crippen LogP contribution in [0.3, 0.4) is 0 Å². The van der Waals surface area contributed by atoms with Crippen molar-refractivity contribution < 1.29 is 9.47 Å². The van der Waals surface area contributed by atoms with Gasteiger partial charge in [0.15, 0.2) is 0 Å². The maximum Gasteiger partial charge on any atom is 0.119 e.